The molecule has 1 heterocycles. The van der Waals surface area contributed by atoms with Gasteiger partial charge in [-0.3, -0.25) is 4.79 Å². The van der Waals surface area contributed by atoms with Crippen LogP contribution in [0.2, 0.25) is 0 Å². The van der Waals surface area contributed by atoms with E-state index >= 15 is 0 Å². The first-order valence-corrected chi connectivity index (χ1v) is 8.44. The number of hydrogen-bond donors (Lipinski definition) is 1. The van der Waals surface area contributed by atoms with Crippen molar-refractivity contribution in [2.45, 2.75) is 4.90 Å². The number of fused-ring (bicyclic) bond motifs is 1. The Balaban J connectivity index is 2.32. The third kappa shape index (κ3) is 2.75. The van der Waals surface area contributed by atoms with E-state index in [2.05, 4.69) is 5.92 Å². The minimum absolute atomic E-state index is 0.00181. The first kappa shape index (κ1) is 15.4. The van der Waals surface area contributed by atoms with E-state index in [1.54, 1.807) is 0 Å². The molecule has 0 saturated heterocycles. The molecule has 0 aliphatic carbocycles. The summed E-state index contributed by atoms with van der Waals surface area (Å²) in [5.41, 5.74) is -0.171. The lowest BCUT2D eigenvalue weighted by atomic mass is 10.1. The Morgan fingerprint density at radius 1 is 1.43 bits per heavy atom. The van der Waals surface area contributed by atoms with Gasteiger partial charge in [0.2, 0.25) is 0 Å². The van der Waals surface area contributed by atoms with Gasteiger partial charge in [0.25, 0.3) is 15.9 Å². The molecule has 0 fully saturated rings. The standard InChI is InChI=1S/C13H11NO5S2/c1-2-6-20-7-5-14-12(15)10-4-3-9(13(16)17)8-11(10)21(14,18)19/h1,3-4,8H,5-7H2,(H,16,17). The predicted molar refractivity (Wildman–Crippen MR) is 77.8 cm³/mol. The van der Waals surface area contributed by atoms with Crippen LogP contribution in [-0.2, 0) is 10.0 Å². The van der Waals surface area contributed by atoms with Crippen LogP contribution in [0.25, 0.3) is 0 Å². The number of carboxylic acid groups (broad SMARTS) is 1. The van der Waals surface area contributed by atoms with E-state index in [9.17, 15) is 18.0 Å². The van der Waals surface area contributed by atoms with Crippen molar-refractivity contribution in [3.05, 3.63) is 29.3 Å². The quantitative estimate of drug-likeness (QED) is 0.639. The fraction of sp³-hybridized carbons (Fsp3) is 0.231. The molecule has 1 aromatic carbocycles. The number of sulfonamides is 1. The number of carboxylic acids is 1. The van der Waals surface area contributed by atoms with Gasteiger partial charge >= 0.3 is 5.97 Å². The van der Waals surface area contributed by atoms with Crippen LogP contribution in [0.5, 0.6) is 0 Å². The predicted octanol–water partition coefficient (Wildman–Crippen LogP) is 0.896. The Hall–Kier alpha value is -1.98. The highest BCUT2D eigenvalue weighted by Crippen LogP contribution is 2.31. The van der Waals surface area contributed by atoms with E-state index in [4.69, 9.17) is 11.5 Å². The molecule has 1 aliphatic rings. The average molecular weight is 325 g/mol. The Labute approximate surface area is 126 Å². The van der Waals surface area contributed by atoms with Gasteiger partial charge in [-0.15, -0.1) is 18.2 Å². The second-order valence-electron chi connectivity index (χ2n) is 4.16. The van der Waals surface area contributed by atoms with Crippen LogP contribution < -0.4 is 0 Å². The second kappa shape index (κ2) is 5.79. The molecule has 21 heavy (non-hydrogen) atoms. The summed E-state index contributed by atoms with van der Waals surface area (Å²) in [6.07, 6.45) is 5.09. The first-order chi connectivity index (χ1) is 9.89. The van der Waals surface area contributed by atoms with Gasteiger partial charge in [0.15, 0.2) is 0 Å². The lowest BCUT2D eigenvalue weighted by Crippen LogP contribution is -2.32. The summed E-state index contributed by atoms with van der Waals surface area (Å²) in [6.45, 7) is 0.00456. The van der Waals surface area contributed by atoms with Crippen LogP contribution in [0.15, 0.2) is 23.1 Å². The van der Waals surface area contributed by atoms with Crippen molar-refractivity contribution in [2.24, 2.45) is 0 Å². The summed E-state index contributed by atoms with van der Waals surface area (Å²) in [5.74, 6) is 1.34. The van der Waals surface area contributed by atoms with Gasteiger partial charge in [-0.2, -0.15) is 0 Å². The zero-order valence-electron chi connectivity index (χ0n) is 10.8. The Bertz CT molecular complexity index is 748. The normalized spacial score (nSPS) is 15.6. The van der Waals surface area contributed by atoms with E-state index in [0.29, 0.717) is 11.5 Å². The van der Waals surface area contributed by atoms with Crippen LogP contribution >= 0.6 is 11.8 Å². The summed E-state index contributed by atoms with van der Waals surface area (Å²) in [5, 5.41) is 8.90. The number of rotatable bonds is 5. The molecule has 0 saturated carbocycles. The number of nitrogens with zero attached hydrogens (tertiary/aromatic N) is 1. The first-order valence-electron chi connectivity index (χ1n) is 5.85. The molecule has 1 amide bonds. The lowest BCUT2D eigenvalue weighted by molar-refractivity contribution is 0.0695. The van der Waals surface area contributed by atoms with Gasteiger partial charge in [0.05, 0.1) is 16.9 Å². The molecule has 1 aliphatic heterocycles. The van der Waals surface area contributed by atoms with E-state index in [1.165, 1.54) is 23.9 Å². The van der Waals surface area contributed by atoms with Crippen LogP contribution in [0.1, 0.15) is 20.7 Å². The molecule has 8 heteroatoms. The number of amides is 1. The number of thioether (sulfide) groups is 1. The second-order valence-corrected chi connectivity index (χ2v) is 7.09. The molecule has 110 valence electrons. The maximum absolute atomic E-state index is 12.3. The molecular weight excluding hydrogens is 314 g/mol. The van der Waals surface area contributed by atoms with Crippen molar-refractivity contribution in [1.29, 1.82) is 0 Å². The molecule has 6 nitrogen and oxygen atoms in total. The lowest BCUT2D eigenvalue weighted by Gasteiger charge is -2.14. The third-order valence-corrected chi connectivity index (χ3v) is 5.54. The van der Waals surface area contributed by atoms with Crippen LogP contribution in [0.3, 0.4) is 0 Å². The molecule has 1 N–H and O–H groups in total. The summed E-state index contributed by atoms with van der Waals surface area (Å²) in [6, 6.07) is 3.46. The SMILES string of the molecule is C#CCSCCN1C(=O)c2ccc(C(=O)O)cc2S1(=O)=O. The number of hydrogen-bond acceptors (Lipinski definition) is 5. The molecule has 0 unspecified atom stereocenters. The van der Waals surface area contributed by atoms with Crippen LogP contribution in [0.4, 0.5) is 0 Å². The van der Waals surface area contributed by atoms with E-state index in [0.717, 1.165) is 10.4 Å². The van der Waals surface area contributed by atoms with Gasteiger partial charge in [0.1, 0.15) is 4.90 Å². The summed E-state index contributed by atoms with van der Waals surface area (Å²) >= 11 is 1.34. The Morgan fingerprint density at radius 2 is 2.14 bits per heavy atom. The number of aromatic carboxylic acids is 1. The van der Waals surface area contributed by atoms with E-state index in [-0.39, 0.29) is 22.6 Å². The van der Waals surface area contributed by atoms with Crippen molar-refractivity contribution >= 4 is 33.7 Å². The van der Waals surface area contributed by atoms with Crippen molar-refractivity contribution in [2.75, 3.05) is 18.1 Å². The highest BCUT2D eigenvalue weighted by molar-refractivity contribution is 7.99. The van der Waals surface area contributed by atoms with Crippen molar-refractivity contribution in [3.63, 3.8) is 0 Å². The van der Waals surface area contributed by atoms with Gasteiger partial charge in [-0.25, -0.2) is 17.5 Å². The summed E-state index contributed by atoms with van der Waals surface area (Å²) in [7, 11) is -3.98. The summed E-state index contributed by atoms with van der Waals surface area (Å²) in [4.78, 5) is 22.8. The molecule has 0 atom stereocenters. The highest BCUT2D eigenvalue weighted by atomic mass is 32.2. The summed E-state index contributed by atoms with van der Waals surface area (Å²) < 4.78 is 25.3. The number of carbonyl (C=O) groups is 2. The monoisotopic (exact) mass is 325 g/mol. The zero-order valence-corrected chi connectivity index (χ0v) is 12.4. The molecule has 0 aromatic heterocycles. The minimum atomic E-state index is -3.98. The zero-order chi connectivity index (χ0) is 15.6. The largest absolute Gasteiger partial charge is 0.478 e. The van der Waals surface area contributed by atoms with Crippen LogP contribution in [-0.4, -0.2) is 47.8 Å². The Morgan fingerprint density at radius 3 is 2.76 bits per heavy atom. The maximum atomic E-state index is 12.3. The van der Waals surface area contributed by atoms with Gasteiger partial charge in [-0.05, 0) is 18.2 Å². The molecular formula is C13H11NO5S2. The highest BCUT2D eigenvalue weighted by Gasteiger charge is 2.41. The number of benzene rings is 1. The van der Waals surface area contributed by atoms with Crippen molar-refractivity contribution in [1.82, 2.24) is 4.31 Å². The molecule has 0 radical (unpaired) electrons. The maximum Gasteiger partial charge on any atom is 0.335 e. The van der Waals surface area contributed by atoms with Gasteiger partial charge in [-0.1, -0.05) is 5.92 Å². The van der Waals surface area contributed by atoms with Crippen molar-refractivity contribution in [3.8, 4) is 12.3 Å². The smallest absolute Gasteiger partial charge is 0.335 e. The van der Waals surface area contributed by atoms with E-state index < -0.39 is 21.9 Å². The third-order valence-electron chi connectivity index (χ3n) is 2.88. The van der Waals surface area contributed by atoms with Gasteiger partial charge in [0, 0.05) is 12.3 Å². The minimum Gasteiger partial charge on any atom is -0.478 e. The van der Waals surface area contributed by atoms with Crippen LogP contribution in [0, 0.1) is 12.3 Å². The molecule has 0 spiro atoms. The van der Waals surface area contributed by atoms with Crippen molar-refractivity contribution < 1.29 is 23.1 Å². The molecule has 0 bridgehead atoms. The fourth-order valence-corrected chi connectivity index (χ4v) is 4.19. The number of terminal acetylenes is 1. The van der Waals surface area contributed by atoms with E-state index in [1.807, 2.05) is 0 Å². The topological polar surface area (TPSA) is 91.8 Å². The molecule has 2 rings (SSSR count). The number of carbonyl (C=O) groups excluding carboxylic acids is 1. The average Bonchev–Trinajstić information content (AvgIpc) is 2.63. The molecule has 1 aromatic rings. The Kier molecular flexibility index (Phi) is 4.25. The fourth-order valence-electron chi connectivity index (χ4n) is 1.91. The van der Waals surface area contributed by atoms with Gasteiger partial charge < -0.3 is 5.11 Å².